The molecule has 0 amide bonds. The molecule has 0 aliphatic rings. The van der Waals surface area contributed by atoms with Crippen molar-refractivity contribution in [2.75, 3.05) is 11.9 Å². The molecule has 0 radical (unpaired) electrons. The van der Waals surface area contributed by atoms with Crippen molar-refractivity contribution in [2.45, 2.75) is 6.92 Å². The van der Waals surface area contributed by atoms with Gasteiger partial charge in [-0.05, 0) is 13.0 Å². The summed E-state index contributed by atoms with van der Waals surface area (Å²) in [7, 11) is 1.75. The molecule has 1 aromatic heterocycles. The Labute approximate surface area is 86.6 Å². The molecule has 1 aromatic rings. The normalized spacial score (nSPS) is 9.57. The number of guanidine groups is 2. The van der Waals surface area contributed by atoms with E-state index >= 15 is 0 Å². The third kappa shape index (κ3) is 2.46. The smallest absolute Gasteiger partial charge is 0.225 e. The van der Waals surface area contributed by atoms with Crippen LogP contribution in [0.4, 0.5) is 5.69 Å². The van der Waals surface area contributed by atoms with Crippen LogP contribution < -0.4 is 16.4 Å². The maximum atomic E-state index is 7.55. The second-order valence-electron chi connectivity index (χ2n) is 2.83. The average molecular weight is 211 g/mol. The molecule has 0 fully saturated rings. The van der Waals surface area contributed by atoms with Crippen LogP contribution in [-0.2, 0) is 0 Å². The highest BCUT2D eigenvalue weighted by Gasteiger charge is 2.07. The first-order valence-corrected chi connectivity index (χ1v) is 4.85. The molecule has 5 nitrogen and oxygen atoms in total. The summed E-state index contributed by atoms with van der Waals surface area (Å²) < 4.78 is 0. The molecule has 0 bridgehead atoms. The molecular weight excluding hydrogens is 198 g/mol. The summed E-state index contributed by atoms with van der Waals surface area (Å²) in [5.74, 6) is -0.0726. The van der Waals surface area contributed by atoms with E-state index in [0.29, 0.717) is 0 Å². The fraction of sp³-hybridized carbons (Fsp3) is 0.250. The Kier molecular flexibility index (Phi) is 3.08. The number of aryl methyl sites for hydroxylation is 1. The zero-order valence-corrected chi connectivity index (χ0v) is 8.93. The third-order valence-corrected chi connectivity index (χ3v) is 2.51. The van der Waals surface area contributed by atoms with E-state index in [1.54, 1.807) is 23.3 Å². The van der Waals surface area contributed by atoms with Gasteiger partial charge in [-0.25, -0.2) is 0 Å². The maximum Gasteiger partial charge on any atom is 0.225 e. The van der Waals surface area contributed by atoms with Crippen molar-refractivity contribution in [1.82, 2.24) is 0 Å². The lowest BCUT2D eigenvalue weighted by Crippen LogP contribution is -2.30. The van der Waals surface area contributed by atoms with E-state index in [-0.39, 0.29) is 11.9 Å². The summed E-state index contributed by atoms with van der Waals surface area (Å²) in [6.07, 6.45) is 0. The number of nitrogens with two attached hydrogens (primary N) is 2. The minimum atomic E-state index is -0.103. The number of thiophene rings is 1. The van der Waals surface area contributed by atoms with Gasteiger partial charge in [0.05, 0.1) is 5.69 Å². The van der Waals surface area contributed by atoms with Crippen LogP contribution in [0.3, 0.4) is 0 Å². The number of aliphatic imine (C=N–C) groups is 1. The molecule has 0 atom stereocenters. The van der Waals surface area contributed by atoms with Crippen LogP contribution >= 0.6 is 11.3 Å². The lowest BCUT2D eigenvalue weighted by Gasteiger charge is -2.14. The zero-order chi connectivity index (χ0) is 10.7. The number of anilines is 1. The molecule has 0 saturated carbocycles. The third-order valence-electron chi connectivity index (χ3n) is 1.66. The van der Waals surface area contributed by atoms with E-state index < -0.39 is 0 Å². The highest BCUT2D eigenvalue weighted by Crippen LogP contribution is 2.21. The van der Waals surface area contributed by atoms with Crippen molar-refractivity contribution >= 4 is 28.9 Å². The Morgan fingerprint density at radius 3 is 2.64 bits per heavy atom. The summed E-state index contributed by atoms with van der Waals surface area (Å²) in [5.41, 5.74) is 11.3. The van der Waals surface area contributed by atoms with Gasteiger partial charge in [0.1, 0.15) is 0 Å². The molecule has 14 heavy (non-hydrogen) atoms. The summed E-state index contributed by atoms with van der Waals surface area (Å²) in [5, 5.41) is 9.51. The Hall–Kier alpha value is -1.56. The van der Waals surface area contributed by atoms with Gasteiger partial charge in [0, 0.05) is 17.3 Å². The second-order valence-corrected chi connectivity index (χ2v) is 3.95. The molecule has 76 valence electrons. The second kappa shape index (κ2) is 4.10. The van der Waals surface area contributed by atoms with Gasteiger partial charge in [0.15, 0.2) is 5.96 Å². The van der Waals surface area contributed by atoms with Crippen molar-refractivity contribution in [2.24, 2.45) is 16.5 Å². The number of nitrogens with zero attached hydrogens (tertiary/aromatic N) is 2. The fourth-order valence-electron chi connectivity index (χ4n) is 0.925. The predicted molar refractivity (Wildman–Crippen MR) is 61.0 cm³/mol. The Morgan fingerprint density at radius 2 is 2.21 bits per heavy atom. The summed E-state index contributed by atoms with van der Waals surface area (Å²) in [6, 6.07) is 1.97. The van der Waals surface area contributed by atoms with Gasteiger partial charge in [0.25, 0.3) is 0 Å². The first kappa shape index (κ1) is 10.5. The van der Waals surface area contributed by atoms with Gasteiger partial charge in [-0.3, -0.25) is 5.41 Å². The lowest BCUT2D eigenvalue weighted by molar-refractivity contribution is 1.19. The van der Waals surface area contributed by atoms with Crippen molar-refractivity contribution in [3.05, 3.63) is 16.3 Å². The molecule has 0 spiro atoms. The van der Waals surface area contributed by atoms with E-state index in [0.717, 1.165) is 5.69 Å². The van der Waals surface area contributed by atoms with Gasteiger partial charge < -0.3 is 16.4 Å². The van der Waals surface area contributed by atoms with Gasteiger partial charge in [-0.15, -0.1) is 11.3 Å². The number of rotatable bonds is 1. The molecule has 5 N–H and O–H groups in total. The fourth-order valence-corrected chi connectivity index (χ4v) is 1.65. The van der Waals surface area contributed by atoms with Crippen LogP contribution in [0.25, 0.3) is 0 Å². The van der Waals surface area contributed by atoms with Crippen LogP contribution in [0, 0.1) is 12.3 Å². The topological polar surface area (TPSA) is 91.5 Å². The van der Waals surface area contributed by atoms with Crippen molar-refractivity contribution in [3.63, 3.8) is 0 Å². The van der Waals surface area contributed by atoms with E-state index in [1.807, 2.05) is 18.4 Å². The lowest BCUT2D eigenvalue weighted by atomic mass is 10.4. The SMILES string of the molecule is Cc1cc(N(C)C(=N)N=C(N)N)cs1. The van der Waals surface area contributed by atoms with Crippen LogP contribution in [0.1, 0.15) is 4.88 Å². The number of hydrogen-bond donors (Lipinski definition) is 3. The summed E-state index contributed by atoms with van der Waals surface area (Å²) in [6.45, 7) is 2.01. The molecule has 0 unspecified atom stereocenters. The first-order valence-electron chi connectivity index (χ1n) is 3.97. The van der Waals surface area contributed by atoms with Crippen LogP contribution in [0.2, 0.25) is 0 Å². The van der Waals surface area contributed by atoms with E-state index in [2.05, 4.69) is 4.99 Å². The van der Waals surface area contributed by atoms with Crippen LogP contribution in [0.15, 0.2) is 16.4 Å². The monoisotopic (exact) mass is 211 g/mol. The zero-order valence-electron chi connectivity index (χ0n) is 8.11. The Morgan fingerprint density at radius 1 is 1.57 bits per heavy atom. The molecular formula is C8H13N5S. The van der Waals surface area contributed by atoms with Gasteiger partial charge >= 0.3 is 0 Å². The van der Waals surface area contributed by atoms with Crippen LogP contribution in [-0.4, -0.2) is 19.0 Å². The van der Waals surface area contributed by atoms with Crippen molar-refractivity contribution in [1.29, 1.82) is 5.41 Å². The van der Waals surface area contributed by atoms with Gasteiger partial charge in [0.2, 0.25) is 5.96 Å². The van der Waals surface area contributed by atoms with Crippen molar-refractivity contribution in [3.8, 4) is 0 Å². The van der Waals surface area contributed by atoms with Gasteiger partial charge in [-0.1, -0.05) is 0 Å². The summed E-state index contributed by atoms with van der Waals surface area (Å²) >= 11 is 1.62. The van der Waals surface area contributed by atoms with E-state index in [4.69, 9.17) is 16.9 Å². The predicted octanol–water partition coefficient (Wildman–Crippen LogP) is 0.701. The molecule has 0 aromatic carbocycles. The Bertz CT molecular complexity index is 364. The quantitative estimate of drug-likeness (QED) is 0.471. The molecule has 0 aliphatic heterocycles. The van der Waals surface area contributed by atoms with E-state index in [9.17, 15) is 0 Å². The molecule has 0 aliphatic carbocycles. The van der Waals surface area contributed by atoms with Crippen molar-refractivity contribution < 1.29 is 0 Å². The van der Waals surface area contributed by atoms with Gasteiger partial charge in [-0.2, -0.15) is 4.99 Å². The summed E-state index contributed by atoms with van der Waals surface area (Å²) in [4.78, 5) is 6.45. The molecule has 1 heterocycles. The highest BCUT2D eigenvalue weighted by molar-refractivity contribution is 7.10. The minimum Gasteiger partial charge on any atom is -0.370 e. The standard InChI is InChI=1S/C8H13N5S/c1-5-3-6(4-14-5)13(2)8(11)12-7(9)10/h3-4H,1-2H3,(H5,9,10,11,12). The largest absolute Gasteiger partial charge is 0.370 e. The first-order chi connectivity index (χ1) is 6.50. The number of nitrogens with one attached hydrogen (secondary N) is 1. The minimum absolute atomic E-state index is 0.0304. The molecule has 6 heteroatoms. The van der Waals surface area contributed by atoms with Crippen LogP contribution in [0.5, 0.6) is 0 Å². The molecule has 1 rings (SSSR count). The number of hydrogen-bond acceptors (Lipinski definition) is 2. The highest BCUT2D eigenvalue weighted by atomic mass is 32.1. The maximum absolute atomic E-state index is 7.55. The average Bonchev–Trinajstić information content (AvgIpc) is 2.49. The van der Waals surface area contributed by atoms with E-state index in [1.165, 1.54) is 4.88 Å². The molecule has 0 saturated heterocycles. The Balaban J connectivity index is 2.80.